The first-order valence-electron chi connectivity index (χ1n) is 12.9. The van der Waals surface area contributed by atoms with Gasteiger partial charge in [0.1, 0.15) is 34.3 Å². The number of pyridine rings is 1. The number of carbonyl (C=O) groups is 1. The number of nitrogens with zero attached hydrogens (tertiary/aromatic N) is 2. The molecule has 1 fully saturated rings. The van der Waals surface area contributed by atoms with Gasteiger partial charge in [-0.1, -0.05) is 48.8 Å². The number of benzene rings is 2. The number of halogens is 2. The van der Waals surface area contributed by atoms with Gasteiger partial charge in [0, 0.05) is 5.39 Å². The van der Waals surface area contributed by atoms with Crippen LogP contribution in [0.3, 0.4) is 0 Å². The molecule has 39 heavy (non-hydrogen) atoms. The Bertz CT molecular complexity index is 1710. The molecule has 10 heteroatoms. The number of carbonyl (C=O) groups excluding carboxylic acids is 1. The predicted octanol–water partition coefficient (Wildman–Crippen LogP) is 5.54. The summed E-state index contributed by atoms with van der Waals surface area (Å²) < 4.78 is 33.0. The van der Waals surface area contributed by atoms with E-state index in [9.17, 15) is 14.0 Å². The number of nitrogens with one attached hydrogen (secondary N) is 1. The topological polar surface area (TPSA) is 95.6 Å². The minimum Gasteiger partial charge on any atom is -0.454 e. The van der Waals surface area contributed by atoms with Crippen molar-refractivity contribution in [2.24, 2.45) is 11.8 Å². The van der Waals surface area contributed by atoms with Gasteiger partial charge in [0.15, 0.2) is 0 Å². The van der Waals surface area contributed by atoms with E-state index in [1.807, 2.05) is 6.07 Å². The van der Waals surface area contributed by atoms with Crippen molar-refractivity contribution < 1.29 is 23.2 Å². The summed E-state index contributed by atoms with van der Waals surface area (Å²) in [5.74, 6) is -0.0563. The molecule has 0 bridgehead atoms. The van der Waals surface area contributed by atoms with Gasteiger partial charge in [-0.2, -0.15) is 0 Å². The standard InChI is InChI=1S/C29H27ClFN3O5/c1-15-10-11-29(16(15)2,28-37-14-23(38-28)32-22(35)13-18-6-4-7-19(31)12-18)34-21-9-5-8-20(30)25(21)26-24(27(34)36)17(3)39-33-26/h4-9,12,14-16,28H,10-11,13H2,1-3H3,(H,32,35). The number of fused-ring (bicyclic) bond motifs is 3. The van der Waals surface area contributed by atoms with E-state index in [1.54, 1.807) is 35.8 Å². The summed E-state index contributed by atoms with van der Waals surface area (Å²) >= 11 is 6.66. The van der Waals surface area contributed by atoms with Crippen molar-refractivity contribution in [2.75, 3.05) is 0 Å². The molecule has 1 aliphatic carbocycles. The van der Waals surface area contributed by atoms with E-state index in [-0.39, 0.29) is 35.6 Å². The molecule has 1 aliphatic heterocycles. The number of hydrogen-bond acceptors (Lipinski definition) is 6. The molecule has 202 valence electrons. The Morgan fingerprint density at radius 1 is 1.23 bits per heavy atom. The number of hydrogen-bond donors (Lipinski definition) is 1. The molecule has 6 rings (SSSR count). The number of ether oxygens (including phenoxy) is 2. The first-order chi connectivity index (χ1) is 18.7. The summed E-state index contributed by atoms with van der Waals surface area (Å²) in [5, 5.41) is 8.29. The quantitative estimate of drug-likeness (QED) is 0.350. The highest BCUT2D eigenvalue weighted by molar-refractivity contribution is 6.37. The summed E-state index contributed by atoms with van der Waals surface area (Å²) in [7, 11) is 0. The highest BCUT2D eigenvalue weighted by atomic mass is 35.5. The minimum atomic E-state index is -0.928. The third-order valence-corrected chi connectivity index (χ3v) is 8.58. The average Bonchev–Trinajstić information content (AvgIpc) is 3.59. The van der Waals surface area contributed by atoms with Crippen molar-refractivity contribution in [3.05, 3.63) is 87.1 Å². The number of aryl methyl sites for hydroxylation is 1. The Hall–Kier alpha value is -3.85. The Morgan fingerprint density at radius 3 is 2.77 bits per heavy atom. The molecule has 2 aliphatic rings. The summed E-state index contributed by atoms with van der Waals surface area (Å²) in [5.41, 5.74) is 0.355. The van der Waals surface area contributed by atoms with Gasteiger partial charge >= 0.3 is 0 Å². The SMILES string of the molecule is Cc1onc2c1c(=O)n(C1(C3OC=C(NC(=O)Cc4cccc(F)c4)O3)CCC(C)C1C)c1cccc(Cl)c21. The third-order valence-electron chi connectivity index (χ3n) is 8.26. The molecule has 0 radical (unpaired) electrons. The third kappa shape index (κ3) is 3.98. The molecule has 4 atom stereocenters. The maximum atomic E-state index is 14.2. The summed E-state index contributed by atoms with van der Waals surface area (Å²) in [6.45, 7) is 5.92. The summed E-state index contributed by atoms with van der Waals surface area (Å²) in [6, 6.07) is 11.3. The predicted molar refractivity (Wildman–Crippen MR) is 143 cm³/mol. The lowest BCUT2D eigenvalue weighted by molar-refractivity contribution is -0.137. The second-order valence-electron chi connectivity index (χ2n) is 10.5. The van der Waals surface area contributed by atoms with E-state index in [1.165, 1.54) is 18.4 Å². The smallest absolute Gasteiger partial charge is 0.265 e. The molecular weight excluding hydrogens is 525 g/mol. The monoisotopic (exact) mass is 551 g/mol. The van der Waals surface area contributed by atoms with E-state index in [4.69, 9.17) is 25.6 Å². The van der Waals surface area contributed by atoms with Crippen LogP contribution in [0.4, 0.5) is 4.39 Å². The first kappa shape index (κ1) is 25.4. The van der Waals surface area contributed by atoms with Crippen LogP contribution in [0.1, 0.15) is 38.0 Å². The highest BCUT2D eigenvalue weighted by Gasteiger charge is 2.56. The van der Waals surface area contributed by atoms with Crippen molar-refractivity contribution in [1.82, 2.24) is 15.0 Å². The van der Waals surface area contributed by atoms with E-state index < -0.39 is 17.6 Å². The van der Waals surface area contributed by atoms with Crippen LogP contribution in [0.5, 0.6) is 0 Å². The second kappa shape index (κ2) is 9.41. The fourth-order valence-corrected chi connectivity index (χ4v) is 6.39. The van der Waals surface area contributed by atoms with Gasteiger partial charge in [0.05, 0.1) is 17.0 Å². The van der Waals surface area contributed by atoms with Gasteiger partial charge in [-0.05, 0) is 61.4 Å². The second-order valence-corrected chi connectivity index (χ2v) is 10.9. The maximum absolute atomic E-state index is 14.2. The highest BCUT2D eigenvalue weighted by Crippen LogP contribution is 2.51. The van der Waals surface area contributed by atoms with Crippen LogP contribution >= 0.6 is 11.6 Å². The van der Waals surface area contributed by atoms with Gasteiger partial charge < -0.3 is 14.0 Å². The minimum absolute atomic E-state index is 0.0340. The molecule has 8 nitrogen and oxygen atoms in total. The molecule has 2 aromatic carbocycles. The molecule has 0 spiro atoms. The molecule has 3 heterocycles. The van der Waals surface area contributed by atoms with Crippen molar-refractivity contribution in [1.29, 1.82) is 0 Å². The molecule has 0 saturated heterocycles. The Balaban J connectivity index is 1.41. The number of rotatable bonds is 5. The lowest BCUT2D eigenvalue weighted by atomic mass is 9.83. The van der Waals surface area contributed by atoms with Crippen molar-refractivity contribution >= 4 is 39.3 Å². The zero-order chi connectivity index (χ0) is 27.5. The van der Waals surface area contributed by atoms with Crippen LogP contribution < -0.4 is 10.9 Å². The Labute approximate surface area is 228 Å². The molecule has 4 aromatic rings. The van der Waals surface area contributed by atoms with E-state index in [0.29, 0.717) is 44.6 Å². The molecular formula is C29H27ClFN3O5. The Morgan fingerprint density at radius 2 is 2.03 bits per heavy atom. The maximum Gasteiger partial charge on any atom is 0.265 e. The van der Waals surface area contributed by atoms with Crippen molar-refractivity contribution in [3.63, 3.8) is 0 Å². The molecule has 1 saturated carbocycles. The summed E-state index contributed by atoms with van der Waals surface area (Å²) in [6.07, 6.45) is 1.85. The lowest BCUT2D eigenvalue weighted by Gasteiger charge is -2.40. The fraction of sp³-hybridized carbons (Fsp3) is 0.345. The zero-order valence-corrected chi connectivity index (χ0v) is 22.4. The van der Waals surface area contributed by atoms with Crippen molar-refractivity contribution in [2.45, 2.75) is 51.9 Å². The van der Waals surface area contributed by atoms with Crippen LogP contribution in [0, 0.1) is 24.6 Å². The average molecular weight is 552 g/mol. The normalized spacial score (nSPS) is 24.5. The Kier molecular flexibility index (Phi) is 6.14. The van der Waals surface area contributed by atoms with Gasteiger partial charge in [-0.15, -0.1) is 0 Å². The van der Waals surface area contributed by atoms with Gasteiger partial charge in [-0.3, -0.25) is 19.5 Å². The molecule has 1 amide bonds. The van der Waals surface area contributed by atoms with Gasteiger partial charge in [0.25, 0.3) is 11.8 Å². The molecule has 2 aromatic heterocycles. The molecule has 4 unspecified atom stereocenters. The van der Waals surface area contributed by atoms with Crippen LogP contribution in [-0.2, 0) is 26.2 Å². The zero-order valence-electron chi connectivity index (χ0n) is 21.7. The van der Waals surface area contributed by atoms with E-state index >= 15 is 0 Å². The van der Waals surface area contributed by atoms with Gasteiger partial charge in [0.2, 0.25) is 11.8 Å². The lowest BCUT2D eigenvalue weighted by Crippen LogP contribution is -2.53. The van der Waals surface area contributed by atoms with Crippen LogP contribution in [0.2, 0.25) is 5.02 Å². The molecule has 1 N–H and O–H groups in total. The van der Waals surface area contributed by atoms with Gasteiger partial charge in [-0.25, -0.2) is 4.39 Å². The van der Waals surface area contributed by atoms with E-state index in [2.05, 4.69) is 24.3 Å². The van der Waals surface area contributed by atoms with Crippen LogP contribution in [0.15, 0.2) is 63.9 Å². The number of aromatic nitrogens is 2. The van der Waals surface area contributed by atoms with Crippen LogP contribution in [0.25, 0.3) is 21.8 Å². The fourth-order valence-electron chi connectivity index (χ4n) is 6.13. The number of amides is 1. The van der Waals surface area contributed by atoms with E-state index in [0.717, 1.165) is 6.42 Å². The summed E-state index contributed by atoms with van der Waals surface area (Å²) in [4.78, 5) is 26.9. The first-order valence-corrected chi connectivity index (χ1v) is 13.2. The van der Waals surface area contributed by atoms with Crippen LogP contribution in [-0.4, -0.2) is 21.9 Å². The largest absolute Gasteiger partial charge is 0.454 e. The van der Waals surface area contributed by atoms with Crippen molar-refractivity contribution in [3.8, 4) is 0 Å².